The molecule has 3 heteroatoms. The van der Waals surface area contributed by atoms with Crippen molar-refractivity contribution in [1.82, 2.24) is 5.32 Å². The van der Waals surface area contributed by atoms with E-state index in [0.29, 0.717) is 11.6 Å². The van der Waals surface area contributed by atoms with Crippen molar-refractivity contribution in [3.05, 3.63) is 70.2 Å². The third-order valence-electron chi connectivity index (χ3n) is 2.89. The first kappa shape index (κ1) is 13.1. The number of benzene rings is 2. The highest BCUT2D eigenvalue weighted by molar-refractivity contribution is 6.30. The first-order valence-electron chi connectivity index (χ1n) is 5.88. The molecular formula is C15H16ClNO. The van der Waals surface area contributed by atoms with Gasteiger partial charge >= 0.3 is 0 Å². The van der Waals surface area contributed by atoms with Crippen LogP contribution in [0.15, 0.2) is 48.5 Å². The van der Waals surface area contributed by atoms with Crippen LogP contribution in [0.5, 0.6) is 0 Å². The predicted molar refractivity (Wildman–Crippen MR) is 74.7 cm³/mol. The fourth-order valence-corrected chi connectivity index (χ4v) is 2.17. The van der Waals surface area contributed by atoms with Gasteiger partial charge in [-0.3, -0.25) is 0 Å². The summed E-state index contributed by atoms with van der Waals surface area (Å²) in [5.74, 6) is 0. The summed E-state index contributed by atoms with van der Waals surface area (Å²) < 4.78 is 0. The van der Waals surface area contributed by atoms with Crippen molar-refractivity contribution in [1.29, 1.82) is 0 Å². The van der Waals surface area contributed by atoms with Crippen LogP contribution in [-0.4, -0.2) is 12.2 Å². The minimum atomic E-state index is -0.645. The average Bonchev–Trinajstić information content (AvgIpc) is 2.41. The van der Waals surface area contributed by atoms with Crippen LogP contribution < -0.4 is 5.32 Å². The molecule has 0 bridgehead atoms. The molecule has 1 unspecified atom stereocenters. The lowest BCUT2D eigenvalue weighted by atomic mass is 9.97. The van der Waals surface area contributed by atoms with Crippen LogP contribution in [0.1, 0.15) is 22.8 Å². The van der Waals surface area contributed by atoms with Gasteiger partial charge in [-0.25, -0.2) is 0 Å². The van der Waals surface area contributed by atoms with E-state index in [4.69, 9.17) is 11.6 Å². The average molecular weight is 262 g/mol. The molecule has 0 aliphatic rings. The van der Waals surface area contributed by atoms with Crippen LogP contribution in [0.3, 0.4) is 0 Å². The van der Waals surface area contributed by atoms with E-state index >= 15 is 0 Å². The maximum Gasteiger partial charge on any atom is 0.104 e. The second-order valence-electron chi connectivity index (χ2n) is 4.19. The van der Waals surface area contributed by atoms with Crippen molar-refractivity contribution in [2.24, 2.45) is 0 Å². The van der Waals surface area contributed by atoms with Crippen LogP contribution in [0.25, 0.3) is 0 Å². The van der Waals surface area contributed by atoms with Gasteiger partial charge in [-0.05, 0) is 35.9 Å². The lowest BCUT2D eigenvalue weighted by Gasteiger charge is -2.16. The lowest BCUT2D eigenvalue weighted by Crippen LogP contribution is -2.10. The minimum absolute atomic E-state index is 0.639. The summed E-state index contributed by atoms with van der Waals surface area (Å²) in [7, 11) is 1.88. The van der Waals surface area contributed by atoms with Crippen molar-refractivity contribution < 1.29 is 5.11 Å². The van der Waals surface area contributed by atoms with Crippen molar-refractivity contribution in [2.45, 2.75) is 12.6 Å². The number of aliphatic hydroxyl groups is 1. The van der Waals surface area contributed by atoms with Crippen molar-refractivity contribution in [3.63, 3.8) is 0 Å². The number of halogens is 1. The Labute approximate surface area is 112 Å². The Bertz CT molecular complexity index is 513. The Morgan fingerprint density at radius 1 is 1.17 bits per heavy atom. The summed E-state index contributed by atoms with van der Waals surface area (Å²) >= 11 is 6.02. The minimum Gasteiger partial charge on any atom is -0.384 e. The zero-order valence-corrected chi connectivity index (χ0v) is 11.0. The number of aliphatic hydroxyl groups excluding tert-OH is 1. The molecule has 0 aliphatic carbocycles. The Kier molecular flexibility index (Phi) is 4.37. The molecule has 1 atom stereocenters. The van der Waals surface area contributed by atoms with Gasteiger partial charge in [0.15, 0.2) is 0 Å². The second-order valence-corrected chi connectivity index (χ2v) is 4.62. The van der Waals surface area contributed by atoms with Crippen molar-refractivity contribution in [3.8, 4) is 0 Å². The van der Waals surface area contributed by atoms with Gasteiger partial charge in [-0.2, -0.15) is 0 Å². The van der Waals surface area contributed by atoms with E-state index in [1.54, 1.807) is 0 Å². The van der Waals surface area contributed by atoms with E-state index in [1.165, 1.54) is 0 Å². The van der Waals surface area contributed by atoms with E-state index < -0.39 is 6.10 Å². The number of rotatable bonds is 4. The van der Waals surface area contributed by atoms with E-state index in [2.05, 4.69) is 5.32 Å². The lowest BCUT2D eigenvalue weighted by molar-refractivity contribution is 0.219. The first-order chi connectivity index (χ1) is 8.72. The molecule has 0 aliphatic heterocycles. The van der Waals surface area contributed by atoms with Gasteiger partial charge in [-0.1, -0.05) is 48.0 Å². The van der Waals surface area contributed by atoms with Gasteiger partial charge < -0.3 is 10.4 Å². The van der Waals surface area contributed by atoms with Gasteiger partial charge in [0.25, 0.3) is 0 Å². The molecule has 0 saturated carbocycles. The number of hydrogen-bond acceptors (Lipinski definition) is 2. The molecule has 2 N–H and O–H groups in total. The predicted octanol–water partition coefficient (Wildman–Crippen LogP) is 3.14. The van der Waals surface area contributed by atoms with Crippen LogP contribution in [-0.2, 0) is 6.54 Å². The third kappa shape index (κ3) is 2.91. The number of nitrogens with one attached hydrogen (secondary N) is 1. The monoisotopic (exact) mass is 261 g/mol. The SMILES string of the molecule is CNCc1ccc(Cl)cc1C(O)c1ccccc1. The second kappa shape index (κ2) is 6.01. The molecule has 0 heterocycles. The zero-order valence-electron chi connectivity index (χ0n) is 10.2. The molecule has 2 aromatic carbocycles. The molecule has 0 amide bonds. The highest BCUT2D eigenvalue weighted by atomic mass is 35.5. The van der Waals surface area contributed by atoms with E-state index in [9.17, 15) is 5.11 Å². The van der Waals surface area contributed by atoms with Gasteiger partial charge in [0.2, 0.25) is 0 Å². The van der Waals surface area contributed by atoms with E-state index in [0.717, 1.165) is 16.7 Å². The largest absolute Gasteiger partial charge is 0.384 e. The topological polar surface area (TPSA) is 32.3 Å². The molecule has 0 fully saturated rings. The Morgan fingerprint density at radius 2 is 1.89 bits per heavy atom. The Balaban J connectivity index is 2.40. The smallest absolute Gasteiger partial charge is 0.104 e. The molecule has 0 spiro atoms. The first-order valence-corrected chi connectivity index (χ1v) is 6.26. The highest BCUT2D eigenvalue weighted by Gasteiger charge is 2.14. The maximum atomic E-state index is 10.4. The molecule has 0 aromatic heterocycles. The Morgan fingerprint density at radius 3 is 2.56 bits per heavy atom. The quantitative estimate of drug-likeness (QED) is 0.886. The van der Waals surface area contributed by atoms with Crippen LogP contribution in [0, 0.1) is 0 Å². The molecule has 18 heavy (non-hydrogen) atoms. The van der Waals surface area contributed by atoms with Crippen LogP contribution in [0.2, 0.25) is 5.02 Å². The fraction of sp³-hybridized carbons (Fsp3) is 0.200. The Hall–Kier alpha value is -1.35. The van der Waals surface area contributed by atoms with Crippen LogP contribution >= 0.6 is 11.6 Å². The zero-order chi connectivity index (χ0) is 13.0. The molecule has 2 aromatic rings. The fourth-order valence-electron chi connectivity index (χ4n) is 1.99. The summed E-state index contributed by atoms with van der Waals surface area (Å²) in [4.78, 5) is 0. The van der Waals surface area contributed by atoms with Gasteiger partial charge in [-0.15, -0.1) is 0 Å². The van der Waals surface area contributed by atoms with E-state index in [1.807, 2.05) is 55.6 Å². The maximum absolute atomic E-state index is 10.4. The number of hydrogen-bond donors (Lipinski definition) is 2. The van der Waals surface area contributed by atoms with E-state index in [-0.39, 0.29) is 0 Å². The summed E-state index contributed by atoms with van der Waals surface area (Å²) in [6.07, 6.45) is -0.645. The molecule has 2 nitrogen and oxygen atoms in total. The normalized spacial score (nSPS) is 12.4. The highest BCUT2D eigenvalue weighted by Crippen LogP contribution is 2.27. The molecule has 0 radical (unpaired) electrons. The van der Waals surface area contributed by atoms with Crippen LogP contribution in [0.4, 0.5) is 0 Å². The van der Waals surface area contributed by atoms with Gasteiger partial charge in [0.1, 0.15) is 6.10 Å². The van der Waals surface area contributed by atoms with Gasteiger partial charge in [0, 0.05) is 11.6 Å². The summed E-state index contributed by atoms with van der Waals surface area (Å²) in [5, 5.41) is 14.2. The van der Waals surface area contributed by atoms with Crippen molar-refractivity contribution >= 4 is 11.6 Å². The molecule has 2 rings (SSSR count). The summed E-state index contributed by atoms with van der Waals surface area (Å²) in [6.45, 7) is 0.705. The summed E-state index contributed by atoms with van der Waals surface area (Å²) in [6, 6.07) is 15.2. The van der Waals surface area contributed by atoms with Gasteiger partial charge in [0.05, 0.1) is 0 Å². The standard InChI is InChI=1S/C15H16ClNO/c1-17-10-12-7-8-13(16)9-14(12)15(18)11-5-3-2-4-6-11/h2-9,15,17-18H,10H2,1H3. The third-order valence-corrected chi connectivity index (χ3v) is 3.12. The summed E-state index contributed by atoms with van der Waals surface area (Å²) in [5.41, 5.74) is 2.78. The van der Waals surface area contributed by atoms with Crippen molar-refractivity contribution in [2.75, 3.05) is 7.05 Å². The molecular weight excluding hydrogens is 246 g/mol. The molecule has 94 valence electrons. The molecule has 0 saturated heterocycles.